The third-order valence-corrected chi connectivity index (χ3v) is 2.56. The summed E-state index contributed by atoms with van der Waals surface area (Å²) in [6.45, 7) is -0.0765. The van der Waals surface area contributed by atoms with Crippen molar-refractivity contribution in [2.75, 3.05) is 28.9 Å². The maximum atomic E-state index is 9.60. The van der Waals surface area contributed by atoms with Crippen LogP contribution in [0.1, 0.15) is 5.56 Å². The predicted molar refractivity (Wildman–Crippen MR) is 57.8 cm³/mol. The number of nitrogens with zero attached hydrogens (tertiary/aromatic N) is 2. The zero-order valence-corrected chi connectivity index (χ0v) is 8.38. The van der Waals surface area contributed by atoms with Crippen LogP contribution in [0.25, 0.3) is 0 Å². The monoisotopic (exact) mass is 227 g/mol. The molecule has 0 aromatic heterocycles. The Morgan fingerprint density at radius 3 is 2.25 bits per heavy atom. The van der Waals surface area contributed by atoms with Crippen LogP contribution in [0.15, 0.2) is 0 Å². The van der Waals surface area contributed by atoms with Crippen molar-refractivity contribution in [2.45, 2.75) is 6.54 Å². The van der Waals surface area contributed by atoms with Gasteiger partial charge in [0.25, 0.3) is 0 Å². The van der Waals surface area contributed by atoms with E-state index in [0.29, 0.717) is 10.6 Å². The normalized spacial score (nSPS) is 16.2. The highest BCUT2D eigenvalue weighted by atomic mass is 16.5. The number of hydrogen-bond donors (Lipinski definition) is 6. The summed E-state index contributed by atoms with van der Waals surface area (Å²) in [5.74, 6) is -0.360. The molecule has 1 aromatic carbocycles. The molecular weight excluding hydrogens is 214 g/mol. The van der Waals surface area contributed by atoms with E-state index in [1.54, 1.807) is 0 Å². The van der Waals surface area contributed by atoms with E-state index in [1.807, 2.05) is 0 Å². The molecule has 0 saturated carbocycles. The number of nitrogens with two attached hydrogens (primary N) is 3. The molecule has 1 aromatic rings. The number of hydroxylamine groups is 3. The van der Waals surface area contributed by atoms with E-state index in [1.165, 1.54) is 0 Å². The van der Waals surface area contributed by atoms with Gasteiger partial charge in [-0.05, 0) is 0 Å². The van der Waals surface area contributed by atoms with Gasteiger partial charge in [0.05, 0.1) is 23.6 Å². The molecule has 1 aliphatic rings. The maximum absolute atomic E-state index is 9.60. The van der Waals surface area contributed by atoms with E-state index in [-0.39, 0.29) is 41.7 Å². The van der Waals surface area contributed by atoms with Crippen LogP contribution in [0.5, 0.6) is 5.75 Å². The van der Waals surface area contributed by atoms with Crippen LogP contribution in [0.4, 0.5) is 22.7 Å². The molecule has 0 bridgehead atoms. The van der Waals surface area contributed by atoms with E-state index in [9.17, 15) is 15.5 Å². The Kier molecular flexibility index (Phi) is 2.19. The van der Waals surface area contributed by atoms with Crippen LogP contribution in [0, 0.1) is 0 Å². The summed E-state index contributed by atoms with van der Waals surface area (Å²) in [6, 6.07) is 0. The molecule has 0 radical (unpaired) electrons. The van der Waals surface area contributed by atoms with Crippen molar-refractivity contribution in [3.8, 4) is 5.75 Å². The quantitative estimate of drug-likeness (QED) is 0.257. The van der Waals surface area contributed by atoms with Crippen molar-refractivity contribution >= 4 is 22.7 Å². The number of phenolic OH excluding ortho intramolecular Hbond substituents is 1. The Morgan fingerprint density at radius 2 is 1.62 bits per heavy atom. The largest absolute Gasteiger partial charge is 0.504 e. The number of phenols is 1. The summed E-state index contributed by atoms with van der Waals surface area (Å²) in [7, 11) is 0. The van der Waals surface area contributed by atoms with Gasteiger partial charge in [0, 0.05) is 5.56 Å². The Hall–Kier alpha value is -1.90. The van der Waals surface area contributed by atoms with Gasteiger partial charge in [-0.15, -0.1) is 0 Å². The van der Waals surface area contributed by atoms with Crippen molar-refractivity contribution < 1.29 is 15.5 Å². The van der Waals surface area contributed by atoms with Crippen molar-refractivity contribution in [3.05, 3.63) is 5.56 Å². The molecule has 0 atom stereocenters. The van der Waals surface area contributed by atoms with E-state index in [2.05, 4.69) is 0 Å². The van der Waals surface area contributed by atoms with Crippen molar-refractivity contribution in [1.29, 1.82) is 0 Å². The minimum absolute atomic E-state index is 0.0556. The SMILES string of the molecule is Nc1c(N)c2c(c(N)c1O)N(O)CN(O)C2. The van der Waals surface area contributed by atoms with Crippen LogP contribution < -0.4 is 22.3 Å². The summed E-state index contributed by atoms with van der Waals surface area (Å²) in [4.78, 5) is 0. The summed E-state index contributed by atoms with van der Waals surface area (Å²) in [6.07, 6.45) is 0. The van der Waals surface area contributed by atoms with Gasteiger partial charge in [-0.25, -0.2) is 5.06 Å². The molecule has 8 heteroatoms. The molecule has 0 aliphatic carbocycles. The first-order valence-electron chi connectivity index (χ1n) is 4.52. The molecular formula is C8H13N5O3. The van der Waals surface area contributed by atoms with Crippen LogP contribution in [0.2, 0.25) is 0 Å². The minimum Gasteiger partial charge on any atom is -0.504 e. The first kappa shape index (κ1) is 10.6. The molecule has 1 heterocycles. The number of fused-ring (bicyclic) bond motifs is 1. The van der Waals surface area contributed by atoms with Crippen molar-refractivity contribution in [2.24, 2.45) is 0 Å². The predicted octanol–water partition coefficient (Wildman–Crippen LogP) is -0.503. The Labute approximate surface area is 91.0 Å². The van der Waals surface area contributed by atoms with Crippen LogP contribution in [-0.2, 0) is 6.54 Å². The Balaban J connectivity index is 2.71. The number of aromatic hydroxyl groups is 1. The Bertz CT molecular complexity index is 450. The molecule has 0 unspecified atom stereocenters. The zero-order valence-electron chi connectivity index (χ0n) is 8.38. The van der Waals surface area contributed by atoms with Gasteiger partial charge in [-0.3, -0.25) is 5.21 Å². The van der Waals surface area contributed by atoms with E-state index in [0.717, 1.165) is 5.06 Å². The van der Waals surface area contributed by atoms with Gasteiger partial charge in [0.1, 0.15) is 12.4 Å². The number of benzene rings is 1. The lowest BCUT2D eigenvalue weighted by Crippen LogP contribution is -2.39. The highest BCUT2D eigenvalue weighted by Crippen LogP contribution is 2.45. The van der Waals surface area contributed by atoms with Crippen LogP contribution >= 0.6 is 0 Å². The molecule has 1 aliphatic heterocycles. The molecule has 88 valence electrons. The number of anilines is 4. The van der Waals surface area contributed by atoms with E-state index < -0.39 is 0 Å². The van der Waals surface area contributed by atoms with Crippen molar-refractivity contribution in [3.63, 3.8) is 0 Å². The van der Waals surface area contributed by atoms with E-state index >= 15 is 0 Å². The summed E-state index contributed by atoms with van der Waals surface area (Å²) >= 11 is 0. The smallest absolute Gasteiger partial charge is 0.166 e. The first-order valence-corrected chi connectivity index (χ1v) is 4.52. The fraction of sp³-hybridized carbons (Fsp3) is 0.250. The first-order chi connectivity index (χ1) is 7.43. The number of hydrogen-bond acceptors (Lipinski definition) is 8. The molecule has 0 amide bonds. The molecule has 2 rings (SSSR count). The highest BCUT2D eigenvalue weighted by molar-refractivity contribution is 5.92. The number of rotatable bonds is 0. The van der Waals surface area contributed by atoms with Gasteiger partial charge in [-0.2, -0.15) is 5.06 Å². The van der Waals surface area contributed by atoms with E-state index in [4.69, 9.17) is 17.2 Å². The molecule has 9 N–H and O–H groups in total. The topological polar surface area (TPSA) is 145 Å². The minimum atomic E-state index is -0.360. The van der Waals surface area contributed by atoms with Gasteiger partial charge >= 0.3 is 0 Å². The Morgan fingerprint density at radius 1 is 1.00 bits per heavy atom. The average molecular weight is 227 g/mol. The standard InChI is InChI=1S/C8H13N5O3/c9-4-3-1-12(15)2-13(16)7(3)6(11)8(14)5(4)10/h14-16H,1-2,9-11H2. The highest BCUT2D eigenvalue weighted by Gasteiger charge is 2.28. The lowest BCUT2D eigenvalue weighted by atomic mass is 10.0. The van der Waals surface area contributed by atoms with Gasteiger partial charge in [0.2, 0.25) is 0 Å². The second kappa shape index (κ2) is 3.30. The number of nitrogen functional groups attached to an aromatic ring is 3. The van der Waals surface area contributed by atoms with Crippen LogP contribution in [-0.4, -0.2) is 27.3 Å². The van der Waals surface area contributed by atoms with Gasteiger partial charge in [-0.1, -0.05) is 0 Å². The third kappa shape index (κ3) is 1.28. The fourth-order valence-electron chi connectivity index (χ4n) is 1.75. The molecule has 0 spiro atoms. The van der Waals surface area contributed by atoms with Gasteiger partial charge in [0.15, 0.2) is 5.75 Å². The molecule has 16 heavy (non-hydrogen) atoms. The summed E-state index contributed by atoms with van der Waals surface area (Å²) < 4.78 is 0. The van der Waals surface area contributed by atoms with Crippen LogP contribution in [0.3, 0.4) is 0 Å². The van der Waals surface area contributed by atoms with Gasteiger partial charge < -0.3 is 27.5 Å². The lowest BCUT2D eigenvalue weighted by Gasteiger charge is -2.33. The maximum Gasteiger partial charge on any atom is 0.166 e. The fourth-order valence-corrected chi connectivity index (χ4v) is 1.75. The molecule has 0 fully saturated rings. The lowest BCUT2D eigenvalue weighted by molar-refractivity contribution is -0.117. The zero-order chi connectivity index (χ0) is 12.0. The molecule has 8 nitrogen and oxygen atoms in total. The van der Waals surface area contributed by atoms with Crippen molar-refractivity contribution in [1.82, 2.24) is 5.06 Å². The third-order valence-electron chi connectivity index (χ3n) is 2.56. The second-order valence-corrected chi connectivity index (χ2v) is 3.62. The molecule has 0 saturated heterocycles. The summed E-state index contributed by atoms with van der Waals surface area (Å²) in [5, 5.41) is 30.1. The second-order valence-electron chi connectivity index (χ2n) is 3.62. The summed E-state index contributed by atoms with van der Waals surface area (Å²) in [5.41, 5.74) is 17.4. The average Bonchev–Trinajstić information content (AvgIpc) is 2.22.